The molecule has 2 aromatic rings. The molecule has 1 fully saturated rings. The minimum Gasteiger partial charge on any atom is -0.479 e. The molecule has 2 aliphatic rings. The summed E-state index contributed by atoms with van der Waals surface area (Å²) in [5.74, 6) is 0.889. The van der Waals surface area contributed by atoms with E-state index in [0.717, 1.165) is 11.4 Å². The van der Waals surface area contributed by atoms with Gasteiger partial charge in [-0.2, -0.15) is 0 Å². The van der Waals surface area contributed by atoms with Gasteiger partial charge in [-0.25, -0.2) is 0 Å². The Hall–Kier alpha value is -3.00. The van der Waals surface area contributed by atoms with Gasteiger partial charge in [-0.05, 0) is 56.0 Å². The highest BCUT2D eigenvalue weighted by atomic mass is 32.2. The third kappa shape index (κ3) is 6.07. The molecular formula is C25H29N3O4S. The van der Waals surface area contributed by atoms with Gasteiger partial charge in [-0.3, -0.25) is 14.4 Å². The third-order valence-electron chi connectivity index (χ3n) is 5.97. The van der Waals surface area contributed by atoms with E-state index >= 15 is 0 Å². The number of thioether (sulfide) groups is 1. The van der Waals surface area contributed by atoms with Crippen LogP contribution in [0.2, 0.25) is 0 Å². The van der Waals surface area contributed by atoms with E-state index in [9.17, 15) is 14.4 Å². The van der Waals surface area contributed by atoms with Gasteiger partial charge in [-0.15, -0.1) is 11.8 Å². The fraction of sp³-hybridized carbons (Fsp3) is 0.400. The van der Waals surface area contributed by atoms with E-state index in [4.69, 9.17) is 4.74 Å². The second-order valence-corrected chi connectivity index (χ2v) is 9.52. The van der Waals surface area contributed by atoms with E-state index in [0.29, 0.717) is 28.6 Å². The van der Waals surface area contributed by atoms with Gasteiger partial charge in [0.1, 0.15) is 5.75 Å². The summed E-state index contributed by atoms with van der Waals surface area (Å²) in [5, 5.41) is 8.69. The number of ether oxygens (including phenoxy) is 1. The first-order valence-electron chi connectivity index (χ1n) is 11.4. The van der Waals surface area contributed by atoms with Gasteiger partial charge in [0, 0.05) is 17.1 Å². The Morgan fingerprint density at radius 1 is 1.12 bits per heavy atom. The number of hydrogen-bond acceptors (Lipinski definition) is 5. The lowest BCUT2D eigenvalue weighted by atomic mass is 9.89. The normalized spacial score (nSPS) is 18.0. The highest BCUT2D eigenvalue weighted by Gasteiger charge is 2.24. The summed E-state index contributed by atoms with van der Waals surface area (Å²) in [4.78, 5) is 37.9. The Morgan fingerprint density at radius 3 is 2.73 bits per heavy atom. The molecule has 1 heterocycles. The molecule has 1 aliphatic carbocycles. The van der Waals surface area contributed by atoms with Crippen molar-refractivity contribution in [1.29, 1.82) is 0 Å². The molecule has 0 radical (unpaired) electrons. The van der Waals surface area contributed by atoms with Crippen LogP contribution in [0.15, 0.2) is 47.4 Å². The molecule has 7 nitrogen and oxygen atoms in total. The van der Waals surface area contributed by atoms with Crippen molar-refractivity contribution in [3.05, 3.63) is 48.0 Å². The maximum Gasteiger partial charge on any atom is 0.265 e. The maximum atomic E-state index is 13.0. The Bertz CT molecular complexity index is 1040. The molecule has 0 spiro atoms. The summed E-state index contributed by atoms with van der Waals surface area (Å²) in [7, 11) is 0. The number of carbonyl (C=O) groups is 3. The Labute approximate surface area is 198 Å². The van der Waals surface area contributed by atoms with Gasteiger partial charge in [0.15, 0.2) is 6.10 Å². The zero-order chi connectivity index (χ0) is 23.2. The number of hydrogen-bond donors (Lipinski definition) is 3. The van der Waals surface area contributed by atoms with E-state index in [2.05, 4.69) is 16.0 Å². The zero-order valence-electron chi connectivity index (χ0n) is 18.7. The number of rotatable bonds is 7. The van der Waals surface area contributed by atoms with E-state index in [1.54, 1.807) is 37.3 Å². The SMILES string of the molecule is C[C@H]1Oc2ccc(NC(=O)c3ccccc3SCC(=O)NCC3CCCCC3)cc2NC1=O. The van der Waals surface area contributed by atoms with Crippen LogP contribution in [0.4, 0.5) is 11.4 Å². The zero-order valence-corrected chi connectivity index (χ0v) is 19.5. The first kappa shape index (κ1) is 23.2. The number of amides is 3. The summed E-state index contributed by atoms with van der Waals surface area (Å²) < 4.78 is 5.55. The molecule has 1 atom stereocenters. The van der Waals surface area contributed by atoms with Gasteiger partial charge < -0.3 is 20.7 Å². The van der Waals surface area contributed by atoms with Crippen LogP contribution in [0, 0.1) is 5.92 Å². The molecule has 1 aliphatic heterocycles. The van der Waals surface area contributed by atoms with Crippen LogP contribution in [0.3, 0.4) is 0 Å². The van der Waals surface area contributed by atoms with Crippen molar-refractivity contribution in [2.75, 3.05) is 22.9 Å². The largest absolute Gasteiger partial charge is 0.479 e. The van der Waals surface area contributed by atoms with E-state index in [1.165, 1.54) is 43.9 Å². The summed E-state index contributed by atoms with van der Waals surface area (Å²) in [6.45, 7) is 2.41. The first-order valence-corrected chi connectivity index (χ1v) is 12.4. The minimum absolute atomic E-state index is 0.0135. The standard InChI is InChI=1S/C25H29N3O4S/c1-16-24(30)28-20-13-18(11-12-21(20)32-16)27-25(31)19-9-5-6-10-22(19)33-15-23(29)26-14-17-7-3-2-4-8-17/h5-6,9-13,16-17H,2-4,7-8,14-15H2,1H3,(H,26,29)(H,27,31)(H,28,30)/t16-/m1/s1. The molecule has 33 heavy (non-hydrogen) atoms. The lowest BCUT2D eigenvalue weighted by Crippen LogP contribution is -2.34. The molecule has 0 unspecified atom stereocenters. The number of carbonyl (C=O) groups excluding carboxylic acids is 3. The molecule has 1 saturated carbocycles. The van der Waals surface area contributed by atoms with Crippen molar-refractivity contribution >= 4 is 40.9 Å². The van der Waals surface area contributed by atoms with Gasteiger partial charge in [-0.1, -0.05) is 31.4 Å². The predicted molar refractivity (Wildman–Crippen MR) is 130 cm³/mol. The lowest BCUT2D eigenvalue weighted by molar-refractivity contribution is -0.122. The number of anilines is 2. The fourth-order valence-corrected chi connectivity index (χ4v) is 4.99. The van der Waals surface area contributed by atoms with E-state index < -0.39 is 6.10 Å². The molecule has 8 heteroatoms. The van der Waals surface area contributed by atoms with Crippen molar-refractivity contribution < 1.29 is 19.1 Å². The smallest absolute Gasteiger partial charge is 0.265 e. The van der Waals surface area contributed by atoms with Crippen LogP contribution in [-0.2, 0) is 9.59 Å². The molecule has 0 bridgehead atoms. The van der Waals surface area contributed by atoms with Gasteiger partial charge in [0.25, 0.3) is 11.8 Å². The molecule has 3 amide bonds. The molecule has 0 aromatic heterocycles. The average molecular weight is 468 g/mol. The van der Waals surface area contributed by atoms with Crippen molar-refractivity contribution in [2.24, 2.45) is 5.92 Å². The summed E-state index contributed by atoms with van der Waals surface area (Å²) >= 11 is 1.35. The highest BCUT2D eigenvalue weighted by Crippen LogP contribution is 2.32. The fourth-order valence-electron chi connectivity index (χ4n) is 4.11. The topological polar surface area (TPSA) is 96.5 Å². The predicted octanol–water partition coefficient (Wildman–Crippen LogP) is 4.45. The summed E-state index contributed by atoms with van der Waals surface area (Å²) in [6.07, 6.45) is 5.62. The quantitative estimate of drug-likeness (QED) is 0.523. The van der Waals surface area contributed by atoms with Crippen LogP contribution in [0.5, 0.6) is 5.75 Å². The monoisotopic (exact) mass is 467 g/mol. The lowest BCUT2D eigenvalue weighted by Gasteiger charge is -2.23. The summed E-state index contributed by atoms with van der Waals surface area (Å²) in [6, 6.07) is 12.4. The van der Waals surface area contributed by atoms with Crippen molar-refractivity contribution in [2.45, 2.75) is 50.0 Å². The number of benzene rings is 2. The molecule has 4 rings (SSSR count). The minimum atomic E-state index is -0.554. The Balaban J connectivity index is 1.35. The molecule has 174 valence electrons. The van der Waals surface area contributed by atoms with Gasteiger partial charge in [0.2, 0.25) is 5.91 Å². The molecule has 3 N–H and O–H groups in total. The Morgan fingerprint density at radius 2 is 1.91 bits per heavy atom. The molecule has 0 saturated heterocycles. The number of nitrogens with one attached hydrogen (secondary N) is 3. The average Bonchev–Trinajstić information content (AvgIpc) is 2.83. The molecule has 2 aromatic carbocycles. The maximum absolute atomic E-state index is 13.0. The van der Waals surface area contributed by atoms with Gasteiger partial charge in [0.05, 0.1) is 17.0 Å². The first-order chi connectivity index (χ1) is 16.0. The van der Waals surface area contributed by atoms with E-state index in [1.807, 2.05) is 12.1 Å². The second-order valence-electron chi connectivity index (χ2n) is 8.51. The summed E-state index contributed by atoms with van der Waals surface area (Å²) in [5.41, 5.74) is 1.56. The highest BCUT2D eigenvalue weighted by molar-refractivity contribution is 8.00. The van der Waals surface area contributed by atoms with Gasteiger partial charge >= 0.3 is 0 Å². The van der Waals surface area contributed by atoms with Crippen LogP contribution < -0.4 is 20.7 Å². The van der Waals surface area contributed by atoms with Crippen molar-refractivity contribution in [3.8, 4) is 5.75 Å². The van der Waals surface area contributed by atoms with Crippen LogP contribution in [0.25, 0.3) is 0 Å². The second kappa shape index (κ2) is 10.7. The third-order valence-corrected chi connectivity index (χ3v) is 7.04. The van der Waals surface area contributed by atoms with Crippen LogP contribution >= 0.6 is 11.8 Å². The number of fused-ring (bicyclic) bond motifs is 1. The Kier molecular flexibility index (Phi) is 7.54. The molecular weight excluding hydrogens is 438 g/mol. The van der Waals surface area contributed by atoms with Crippen molar-refractivity contribution in [1.82, 2.24) is 5.32 Å². The van der Waals surface area contributed by atoms with Crippen LogP contribution in [-0.4, -0.2) is 36.1 Å². The van der Waals surface area contributed by atoms with Crippen molar-refractivity contribution in [3.63, 3.8) is 0 Å². The van der Waals surface area contributed by atoms with E-state index in [-0.39, 0.29) is 23.5 Å². The van der Waals surface area contributed by atoms with Crippen LogP contribution in [0.1, 0.15) is 49.4 Å².